The number of furan rings is 1. The Labute approximate surface area is 122 Å². The molecule has 100 valence electrons. The van der Waals surface area contributed by atoms with Crippen molar-refractivity contribution < 1.29 is 14.3 Å². The van der Waals surface area contributed by atoms with E-state index in [1.807, 2.05) is 24.3 Å². The number of para-hydroxylation sites is 1. The van der Waals surface area contributed by atoms with Crippen molar-refractivity contribution in [2.45, 2.75) is 0 Å². The summed E-state index contributed by atoms with van der Waals surface area (Å²) < 4.78 is 7.58. The van der Waals surface area contributed by atoms with Crippen LogP contribution < -0.4 is 0 Å². The van der Waals surface area contributed by atoms with Crippen molar-refractivity contribution in [3.8, 4) is 17.1 Å². The van der Waals surface area contributed by atoms with Gasteiger partial charge in [0.05, 0.1) is 12.0 Å². The molecule has 0 bridgehead atoms. The molecule has 0 aliphatic rings. The molecule has 0 atom stereocenters. The van der Waals surface area contributed by atoms with Crippen LogP contribution in [0.2, 0.25) is 0 Å². The first-order valence-electron chi connectivity index (χ1n) is 5.78. The molecule has 3 rings (SSSR count). The van der Waals surface area contributed by atoms with Crippen LogP contribution in [0, 0.1) is 0 Å². The molecule has 0 aliphatic carbocycles. The van der Waals surface area contributed by atoms with Gasteiger partial charge in [-0.2, -0.15) is 5.10 Å². The van der Waals surface area contributed by atoms with Crippen LogP contribution in [0.15, 0.2) is 57.7 Å². The van der Waals surface area contributed by atoms with Gasteiger partial charge in [0, 0.05) is 10.7 Å². The number of hydrogen-bond donors (Lipinski definition) is 1. The van der Waals surface area contributed by atoms with Crippen molar-refractivity contribution in [1.82, 2.24) is 9.78 Å². The second-order valence-electron chi connectivity index (χ2n) is 4.07. The van der Waals surface area contributed by atoms with Gasteiger partial charge >= 0.3 is 5.97 Å². The largest absolute Gasteiger partial charge is 0.478 e. The predicted molar refractivity (Wildman–Crippen MR) is 75.9 cm³/mol. The van der Waals surface area contributed by atoms with Crippen molar-refractivity contribution >= 4 is 21.9 Å². The average Bonchev–Trinajstić information content (AvgIpc) is 3.08. The van der Waals surface area contributed by atoms with E-state index in [1.165, 1.54) is 17.1 Å². The third-order valence-electron chi connectivity index (χ3n) is 2.80. The first kappa shape index (κ1) is 12.7. The summed E-state index contributed by atoms with van der Waals surface area (Å²) in [5, 5.41) is 13.6. The van der Waals surface area contributed by atoms with Gasteiger partial charge in [-0.3, -0.25) is 0 Å². The lowest BCUT2D eigenvalue weighted by Crippen LogP contribution is -1.96. The third-order valence-corrected chi connectivity index (χ3v) is 3.47. The number of hydrogen-bond acceptors (Lipinski definition) is 3. The molecule has 1 N–H and O–H groups in total. The number of halogens is 1. The number of carbonyl (C=O) groups is 1. The first-order valence-corrected chi connectivity index (χ1v) is 6.58. The van der Waals surface area contributed by atoms with Crippen LogP contribution in [0.3, 0.4) is 0 Å². The smallest absolute Gasteiger partial charge is 0.339 e. The number of benzene rings is 1. The fourth-order valence-corrected chi connectivity index (χ4v) is 2.35. The Hall–Kier alpha value is -2.34. The standard InChI is InChI=1S/C14H9BrN2O3/c15-10-4-1-2-5-11(10)17-8-9(14(18)19)13(16-17)12-6-3-7-20-12/h1-8H,(H,18,19). The van der Waals surface area contributed by atoms with E-state index in [0.717, 1.165) is 10.2 Å². The highest BCUT2D eigenvalue weighted by molar-refractivity contribution is 9.10. The summed E-state index contributed by atoms with van der Waals surface area (Å²) in [7, 11) is 0. The molecule has 3 aromatic rings. The second kappa shape index (κ2) is 4.97. The summed E-state index contributed by atoms with van der Waals surface area (Å²) in [4.78, 5) is 11.3. The highest BCUT2D eigenvalue weighted by atomic mass is 79.9. The molecule has 0 aliphatic heterocycles. The van der Waals surface area contributed by atoms with E-state index in [4.69, 9.17) is 4.42 Å². The second-order valence-corrected chi connectivity index (χ2v) is 4.92. The normalized spacial score (nSPS) is 10.7. The van der Waals surface area contributed by atoms with E-state index in [9.17, 15) is 9.90 Å². The number of carboxylic acid groups (broad SMARTS) is 1. The number of carboxylic acids is 1. The molecule has 0 fully saturated rings. The molecular weight excluding hydrogens is 324 g/mol. The summed E-state index contributed by atoms with van der Waals surface area (Å²) in [6, 6.07) is 10.8. The molecular formula is C14H9BrN2O3. The maximum atomic E-state index is 11.3. The first-order chi connectivity index (χ1) is 9.66. The van der Waals surface area contributed by atoms with Gasteiger partial charge in [-0.15, -0.1) is 0 Å². The van der Waals surface area contributed by atoms with Crippen molar-refractivity contribution in [2.75, 3.05) is 0 Å². The quantitative estimate of drug-likeness (QED) is 0.795. The van der Waals surface area contributed by atoms with Crippen molar-refractivity contribution in [3.63, 3.8) is 0 Å². The van der Waals surface area contributed by atoms with Gasteiger partial charge in [0.25, 0.3) is 0 Å². The summed E-state index contributed by atoms with van der Waals surface area (Å²) in [6.07, 6.45) is 2.96. The lowest BCUT2D eigenvalue weighted by Gasteiger charge is -2.02. The molecule has 0 radical (unpaired) electrons. The highest BCUT2D eigenvalue weighted by Crippen LogP contribution is 2.26. The fourth-order valence-electron chi connectivity index (χ4n) is 1.89. The topological polar surface area (TPSA) is 68.3 Å². The Kier molecular flexibility index (Phi) is 3.15. The zero-order valence-corrected chi connectivity index (χ0v) is 11.7. The molecule has 2 heterocycles. The molecule has 0 unspecified atom stereocenters. The predicted octanol–water partition coefficient (Wildman–Crippen LogP) is 3.59. The highest BCUT2D eigenvalue weighted by Gasteiger charge is 2.20. The van der Waals surface area contributed by atoms with Gasteiger partial charge in [-0.1, -0.05) is 12.1 Å². The van der Waals surface area contributed by atoms with Crippen molar-refractivity contribution in [1.29, 1.82) is 0 Å². The van der Waals surface area contributed by atoms with Crippen molar-refractivity contribution in [2.24, 2.45) is 0 Å². The minimum Gasteiger partial charge on any atom is -0.478 e. The fraction of sp³-hybridized carbons (Fsp3) is 0. The zero-order chi connectivity index (χ0) is 14.1. The Morgan fingerprint density at radius 3 is 2.70 bits per heavy atom. The third kappa shape index (κ3) is 2.14. The summed E-state index contributed by atoms with van der Waals surface area (Å²) in [6.45, 7) is 0. The Bertz CT molecular complexity index is 763. The van der Waals surface area contributed by atoms with E-state index in [1.54, 1.807) is 12.1 Å². The molecule has 2 aromatic heterocycles. The molecule has 0 saturated carbocycles. The molecule has 0 amide bonds. The number of aromatic nitrogens is 2. The molecule has 1 aromatic carbocycles. The van der Waals surface area contributed by atoms with Gasteiger partial charge in [0.1, 0.15) is 11.3 Å². The lowest BCUT2D eigenvalue weighted by atomic mass is 10.2. The molecule has 0 saturated heterocycles. The van der Waals surface area contributed by atoms with E-state index < -0.39 is 5.97 Å². The summed E-state index contributed by atoms with van der Waals surface area (Å²) in [5.41, 5.74) is 1.15. The maximum absolute atomic E-state index is 11.3. The molecule has 20 heavy (non-hydrogen) atoms. The van der Waals surface area contributed by atoms with Gasteiger partial charge in [0.15, 0.2) is 5.76 Å². The molecule has 5 nitrogen and oxygen atoms in total. The maximum Gasteiger partial charge on any atom is 0.339 e. The minimum absolute atomic E-state index is 0.0932. The average molecular weight is 333 g/mol. The Morgan fingerprint density at radius 1 is 1.25 bits per heavy atom. The monoisotopic (exact) mass is 332 g/mol. The van der Waals surface area contributed by atoms with Crippen LogP contribution in [0.25, 0.3) is 17.1 Å². The molecule has 0 spiro atoms. The van der Waals surface area contributed by atoms with Crippen LogP contribution in [0.5, 0.6) is 0 Å². The van der Waals surface area contributed by atoms with Crippen LogP contribution in [-0.2, 0) is 0 Å². The van der Waals surface area contributed by atoms with Crippen LogP contribution in [0.4, 0.5) is 0 Å². The van der Waals surface area contributed by atoms with Gasteiger partial charge in [-0.05, 0) is 40.2 Å². The van der Waals surface area contributed by atoms with E-state index in [-0.39, 0.29) is 5.56 Å². The Balaban J connectivity index is 2.18. The zero-order valence-electron chi connectivity index (χ0n) is 10.2. The van der Waals surface area contributed by atoms with Crippen LogP contribution in [-0.4, -0.2) is 20.9 Å². The summed E-state index contributed by atoms with van der Waals surface area (Å²) >= 11 is 3.42. The minimum atomic E-state index is -1.05. The SMILES string of the molecule is O=C(O)c1cn(-c2ccccc2Br)nc1-c1ccco1. The van der Waals surface area contributed by atoms with Crippen molar-refractivity contribution in [3.05, 3.63) is 58.9 Å². The van der Waals surface area contributed by atoms with Crippen LogP contribution in [0.1, 0.15) is 10.4 Å². The van der Waals surface area contributed by atoms with E-state index >= 15 is 0 Å². The van der Waals surface area contributed by atoms with Gasteiger partial charge in [-0.25, -0.2) is 9.48 Å². The Morgan fingerprint density at radius 2 is 2.05 bits per heavy atom. The van der Waals surface area contributed by atoms with E-state index in [0.29, 0.717) is 11.5 Å². The molecule has 6 heteroatoms. The number of aromatic carboxylic acids is 1. The van der Waals surface area contributed by atoms with E-state index in [2.05, 4.69) is 21.0 Å². The number of rotatable bonds is 3. The lowest BCUT2D eigenvalue weighted by molar-refractivity contribution is 0.0697. The van der Waals surface area contributed by atoms with Crippen LogP contribution >= 0.6 is 15.9 Å². The summed E-state index contributed by atoms with van der Waals surface area (Å²) in [5.74, 6) is -0.622. The van der Waals surface area contributed by atoms with Gasteiger partial charge in [0.2, 0.25) is 0 Å². The van der Waals surface area contributed by atoms with Gasteiger partial charge < -0.3 is 9.52 Å². The number of nitrogens with zero attached hydrogens (tertiary/aromatic N) is 2.